The fourth-order valence-electron chi connectivity index (χ4n) is 4.81. The van der Waals surface area contributed by atoms with Crippen molar-refractivity contribution in [2.75, 3.05) is 43.4 Å². The lowest BCUT2D eigenvalue weighted by Gasteiger charge is -2.34. The first-order valence-electron chi connectivity index (χ1n) is 11.4. The van der Waals surface area contributed by atoms with Crippen molar-refractivity contribution < 1.29 is 4.79 Å². The Labute approximate surface area is 184 Å². The van der Waals surface area contributed by atoms with Crippen LogP contribution in [0.2, 0.25) is 0 Å². The van der Waals surface area contributed by atoms with Gasteiger partial charge in [-0.15, -0.1) is 0 Å². The number of pyridine rings is 1. The Morgan fingerprint density at radius 3 is 2.48 bits per heavy atom. The molecule has 2 heterocycles. The number of aromatic nitrogens is 1. The van der Waals surface area contributed by atoms with E-state index in [1.54, 1.807) is 0 Å². The Balaban J connectivity index is 1.43. The molecule has 0 unspecified atom stereocenters. The molecule has 2 aromatic carbocycles. The number of piperazine rings is 1. The summed E-state index contributed by atoms with van der Waals surface area (Å²) in [5.74, 6) is -0.0245. The molecule has 0 atom stereocenters. The summed E-state index contributed by atoms with van der Waals surface area (Å²) in [5.41, 5.74) is 7.16. The number of carbonyl (C=O) groups is 1. The van der Waals surface area contributed by atoms with Gasteiger partial charge in [0.25, 0.3) is 5.91 Å². The number of rotatable bonds is 3. The van der Waals surface area contributed by atoms with Crippen LogP contribution in [0.1, 0.15) is 40.0 Å². The number of hydrogen-bond acceptors (Lipinski definition) is 4. The highest BCUT2D eigenvalue weighted by molar-refractivity contribution is 6.13. The van der Waals surface area contributed by atoms with E-state index in [2.05, 4.69) is 53.4 Å². The number of hydrogen-bond donors (Lipinski definition) is 1. The predicted molar refractivity (Wildman–Crippen MR) is 127 cm³/mol. The Kier molecular flexibility index (Phi) is 5.36. The molecule has 160 valence electrons. The second-order valence-electron chi connectivity index (χ2n) is 8.93. The van der Waals surface area contributed by atoms with Crippen molar-refractivity contribution >= 4 is 28.2 Å². The molecule has 0 bridgehead atoms. The Morgan fingerprint density at radius 1 is 0.968 bits per heavy atom. The van der Waals surface area contributed by atoms with Crippen LogP contribution in [0.25, 0.3) is 10.9 Å². The number of amides is 1. The summed E-state index contributed by atoms with van der Waals surface area (Å²) in [6.45, 7) is 6.31. The van der Waals surface area contributed by atoms with E-state index in [-0.39, 0.29) is 5.91 Å². The maximum Gasteiger partial charge on any atom is 0.256 e. The van der Waals surface area contributed by atoms with Crippen LogP contribution in [-0.4, -0.2) is 49.0 Å². The summed E-state index contributed by atoms with van der Waals surface area (Å²) >= 11 is 0. The largest absolute Gasteiger partial charge is 0.369 e. The number of carbonyl (C=O) groups excluding carboxylic acids is 1. The molecule has 3 aromatic rings. The lowest BCUT2D eigenvalue weighted by atomic mass is 9.89. The molecule has 1 aliphatic heterocycles. The smallest absolute Gasteiger partial charge is 0.256 e. The highest BCUT2D eigenvalue weighted by Crippen LogP contribution is 2.31. The van der Waals surface area contributed by atoms with Crippen LogP contribution in [-0.2, 0) is 12.8 Å². The molecule has 0 radical (unpaired) electrons. The lowest BCUT2D eigenvalue weighted by Crippen LogP contribution is -2.44. The zero-order valence-electron chi connectivity index (χ0n) is 18.4. The first kappa shape index (κ1) is 20.0. The van der Waals surface area contributed by atoms with Crippen molar-refractivity contribution in [1.29, 1.82) is 0 Å². The first-order chi connectivity index (χ1) is 15.1. The van der Waals surface area contributed by atoms with E-state index < -0.39 is 0 Å². The average Bonchev–Trinajstić information content (AvgIpc) is 2.78. The van der Waals surface area contributed by atoms with E-state index in [4.69, 9.17) is 4.98 Å². The topological polar surface area (TPSA) is 48.5 Å². The fraction of sp³-hybridized carbons (Fsp3) is 0.385. The molecule has 1 aliphatic carbocycles. The third kappa shape index (κ3) is 4.02. The van der Waals surface area contributed by atoms with E-state index in [9.17, 15) is 4.79 Å². The van der Waals surface area contributed by atoms with Crippen molar-refractivity contribution in [2.45, 2.75) is 32.6 Å². The van der Waals surface area contributed by atoms with Crippen molar-refractivity contribution in [2.24, 2.45) is 0 Å². The van der Waals surface area contributed by atoms with Gasteiger partial charge in [-0.05, 0) is 81.6 Å². The SMILES string of the molecule is Cc1ccc2nc3c(c(C(=O)Nc4ccc(N5CCN(C)CC5)cc4)c2c1)CCCC3. The molecular formula is C26H30N4O. The van der Waals surface area contributed by atoms with Gasteiger partial charge in [0.1, 0.15) is 0 Å². The molecule has 0 spiro atoms. The van der Waals surface area contributed by atoms with Gasteiger partial charge in [-0.25, -0.2) is 0 Å². The minimum Gasteiger partial charge on any atom is -0.369 e. The third-order valence-corrected chi connectivity index (χ3v) is 6.64. The molecule has 1 aromatic heterocycles. The van der Waals surface area contributed by atoms with Crippen molar-refractivity contribution in [3.63, 3.8) is 0 Å². The lowest BCUT2D eigenvalue weighted by molar-refractivity contribution is 0.102. The van der Waals surface area contributed by atoms with Crippen LogP contribution in [0, 0.1) is 6.92 Å². The van der Waals surface area contributed by atoms with E-state index in [1.165, 1.54) is 5.69 Å². The molecule has 5 rings (SSSR count). The van der Waals surface area contributed by atoms with Crippen molar-refractivity contribution in [3.8, 4) is 0 Å². The van der Waals surface area contributed by atoms with Gasteiger partial charge in [-0.1, -0.05) is 11.6 Å². The maximum absolute atomic E-state index is 13.5. The molecular weight excluding hydrogens is 384 g/mol. The van der Waals surface area contributed by atoms with Gasteiger partial charge in [-0.2, -0.15) is 0 Å². The molecule has 1 N–H and O–H groups in total. The molecule has 0 saturated carbocycles. The Morgan fingerprint density at radius 2 is 1.71 bits per heavy atom. The second-order valence-corrected chi connectivity index (χ2v) is 8.93. The van der Waals surface area contributed by atoms with E-state index in [0.29, 0.717) is 0 Å². The van der Waals surface area contributed by atoms with Crippen LogP contribution < -0.4 is 10.2 Å². The zero-order valence-corrected chi connectivity index (χ0v) is 18.4. The van der Waals surface area contributed by atoms with E-state index >= 15 is 0 Å². The molecule has 1 amide bonds. The number of anilines is 2. The quantitative estimate of drug-likeness (QED) is 0.689. The van der Waals surface area contributed by atoms with Crippen LogP contribution in [0.15, 0.2) is 42.5 Å². The molecule has 1 saturated heterocycles. The first-order valence-corrected chi connectivity index (χ1v) is 11.4. The van der Waals surface area contributed by atoms with Gasteiger partial charge >= 0.3 is 0 Å². The van der Waals surface area contributed by atoms with Crippen molar-refractivity contribution in [3.05, 3.63) is 64.8 Å². The normalized spacial score (nSPS) is 16.9. The summed E-state index contributed by atoms with van der Waals surface area (Å²) in [6, 6.07) is 14.5. The van der Waals surface area contributed by atoms with Gasteiger partial charge < -0.3 is 15.1 Å². The van der Waals surface area contributed by atoms with Gasteiger partial charge in [0.05, 0.1) is 11.1 Å². The van der Waals surface area contributed by atoms with Gasteiger partial charge in [-0.3, -0.25) is 9.78 Å². The standard InChI is InChI=1S/C26H30N4O/c1-18-7-12-24-22(17-18)25(21-5-3-4-6-23(21)28-24)26(31)27-19-8-10-20(11-9-19)30-15-13-29(2)14-16-30/h7-12,17H,3-6,13-16H2,1-2H3,(H,27,31). The second kappa shape index (κ2) is 8.31. The van der Waals surface area contributed by atoms with E-state index in [1.807, 2.05) is 18.2 Å². The summed E-state index contributed by atoms with van der Waals surface area (Å²) < 4.78 is 0. The number of fused-ring (bicyclic) bond motifs is 2. The Bertz CT molecular complexity index is 1110. The molecule has 5 nitrogen and oxygen atoms in total. The Hall–Kier alpha value is -2.92. The highest BCUT2D eigenvalue weighted by Gasteiger charge is 2.23. The fourth-order valence-corrected chi connectivity index (χ4v) is 4.81. The molecule has 1 fully saturated rings. The monoisotopic (exact) mass is 414 g/mol. The number of nitrogens with zero attached hydrogens (tertiary/aromatic N) is 3. The van der Waals surface area contributed by atoms with Crippen LogP contribution >= 0.6 is 0 Å². The van der Waals surface area contributed by atoms with Gasteiger partial charge in [0.2, 0.25) is 0 Å². The summed E-state index contributed by atoms with van der Waals surface area (Å²) in [5, 5.41) is 4.13. The summed E-state index contributed by atoms with van der Waals surface area (Å²) in [7, 11) is 2.17. The summed E-state index contributed by atoms with van der Waals surface area (Å²) in [6.07, 6.45) is 4.15. The van der Waals surface area contributed by atoms with Crippen LogP contribution in [0.3, 0.4) is 0 Å². The predicted octanol–water partition coefficient (Wildman–Crippen LogP) is 4.43. The summed E-state index contributed by atoms with van der Waals surface area (Å²) in [4.78, 5) is 23.1. The minimum absolute atomic E-state index is 0.0245. The molecule has 31 heavy (non-hydrogen) atoms. The minimum atomic E-state index is -0.0245. The zero-order chi connectivity index (χ0) is 21.4. The third-order valence-electron chi connectivity index (χ3n) is 6.64. The van der Waals surface area contributed by atoms with Crippen LogP contribution in [0.5, 0.6) is 0 Å². The maximum atomic E-state index is 13.5. The van der Waals surface area contributed by atoms with Crippen LogP contribution in [0.4, 0.5) is 11.4 Å². The number of nitrogens with one attached hydrogen (secondary N) is 1. The number of aryl methyl sites for hydroxylation is 2. The van der Waals surface area contributed by atoms with E-state index in [0.717, 1.165) is 90.8 Å². The van der Waals surface area contributed by atoms with Gasteiger partial charge in [0, 0.05) is 48.6 Å². The number of benzene rings is 2. The molecule has 5 heteroatoms. The van der Waals surface area contributed by atoms with Gasteiger partial charge in [0.15, 0.2) is 0 Å². The molecule has 2 aliphatic rings. The van der Waals surface area contributed by atoms with Crippen molar-refractivity contribution in [1.82, 2.24) is 9.88 Å². The number of likely N-dealkylation sites (N-methyl/N-ethyl adjacent to an activating group) is 1. The average molecular weight is 415 g/mol. The highest BCUT2D eigenvalue weighted by atomic mass is 16.1.